The standard InChI is InChI=1S/C8H13NS.C3H8.C2H6/c1-4-7-8(5-2)10-6(3)9-7;1-3-2;1-2/h5,7H,4H2,1-3H3;3H2,1-2H3;1-2H3/b8-5+;;. The normalized spacial score (nSPS) is 21.1. The first kappa shape index (κ1) is 17.2. The van der Waals surface area contributed by atoms with E-state index < -0.39 is 0 Å². The Labute approximate surface area is 100 Å². The first-order valence-electron chi connectivity index (χ1n) is 6.07. The zero-order valence-electron chi connectivity index (χ0n) is 11.4. The van der Waals surface area contributed by atoms with Crippen molar-refractivity contribution in [1.29, 1.82) is 0 Å². The maximum absolute atomic E-state index is 4.47. The van der Waals surface area contributed by atoms with Gasteiger partial charge in [-0.25, -0.2) is 0 Å². The van der Waals surface area contributed by atoms with Crippen LogP contribution in [0.3, 0.4) is 0 Å². The van der Waals surface area contributed by atoms with Crippen molar-refractivity contribution in [3.05, 3.63) is 11.0 Å². The lowest BCUT2D eigenvalue weighted by Gasteiger charge is -2.02. The summed E-state index contributed by atoms with van der Waals surface area (Å²) in [7, 11) is 0. The van der Waals surface area contributed by atoms with Crippen LogP contribution in [0.15, 0.2) is 16.0 Å². The van der Waals surface area contributed by atoms with E-state index in [2.05, 4.69) is 45.7 Å². The Balaban J connectivity index is 0. The molecule has 2 heteroatoms. The summed E-state index contributed by atoms with van der Waals surface area (Å²) in [6.45, 7) is 14.6. The number of thioether (sulfide) groups is 1. The van der Waals surface area contributed by atoms with Crippen LogP contribution in [0, 0.1) is 0 Å². The molecule has 1 aliphatic heterocycles. The van der Waals surface area contributed by atoms with Crippen LogP contribution < -0.4 is 0 Å². The lowest BCUT2D eigenvalue weighted by Crippen LogP contribution is -1.97. The van der Waals surface area contributed by atoms with Crippen LogP contribution in [-0.4, -0.2) is 11.1 Å². The van der Waals surface area contributed by atoms with Crippen LogP contribution in [0.1, 0.15) is 61.3 Å². The topological polar surface area (TPSA) is 12.4 Å². The van der Waals surface area contributed by atoms with Gasteiger partial charge in [-0.3, -0.25) is 4.99 Å². The number of rotatable bonds is 1. The molecule has 0 aromatic heterocycles. The number of allylic oxidation sites excluding steroid dienone is 1. The summed E-state index contributed by atoms with van der Waals surface area (Å²) in [4.78, 5) is 5.89. The van der Waals surface area contributed by atoms with E-state index in [0.717, 1.165) is 6.42 Å². The van der Waals surface area contributed by atoms with Crippen LogP contribution >= 0.6 is 11.8 Å². The van der Waals surface area contributed by atoms with Gasteiger partial charge in [-0.2, -0.15) is 0 Å². The lowest BCUT2D eigenvalue weighted by atomic mass is 10.2. The maximum Gasteiger partial charge on any atom is 0.0814 e. The molecule has 1 heterocycles. The molecule has 0 saturated carbocycles. The molecule has 0 aromatic rings. The first-order chi connectivity index (χ1) is 7.19. The van der Waals surface area contributed by atoms with E-state index in [9.17, 15) is 0 Å². The molecule has 15 heavy (non-hydrogen) atoms. The Hall–Kier alpha value is -0.240. The van der Waals surface area contributed by atoms with Crippen LogP contribution in [0.25, 0.3) is 0 Å². The van der Waals surface area contributed by atoms with E-state index >= 15 is 0 Å². The minimum absolute atomic E-state index is 0.468. The van der Waals surface area contributed by atoms with Gasteiger partial charge in [0.05, 0.1) is 11.1 Å². The fourth-order valence-corrected chi connectivity index (χ4v) is 2.09. The van der Waals surface area contributed by atoms with Crippen molar-refractivity contribution >= 4 is 16.8 Å². The summed E-state index contributed by atoms with van der Waals surface area (Å²) in [5, 5.41) is 1.21. The molecule has 0 bridgehead atoms. The highest BCUT2D eigenvalue weighted by Gasteiger charge is 2.18. The molecule has 0 spiro atoms. The number of aliphatic imine (C=N–C) groups is 1. The fourth-order valence-electron chi connectivity index (χ4n) is 1.09. The summed E-state index contributed by atoms with van der Waals surface area (Å²) in [5.74, 6) is 0. The molecular weight excluding hydrogens is 202 g/mol. The number of hydrogen-bond donors (Lipinski definition) is 0. The molecule has 0 saturated heterocycles. The smallest absolute Gasteiger partial charge is 0.0814 e. The average Bonchev–Trinajstić information content (AvgIpc) is 2.63. The van der Waals surface area contributed by atoms with E-state index in [1.54, 1.807) is 0 Å². The van der Waals surface area contributed by atoms with E-state index in [1.807, 2.05) is 25.6 Å². The van der Waals surface area contributed by atoms with Gasteiger partial charge in [0.25, 0.3) is 0 Å². The molecule has 0 fully saturated rings. The minimum atomic E-state index is 0.468. The summed E-state index contributed by atoms with van der Waals surface area (Å²) in [6, 6.07) is 0.468. The van der Waals surface area contributed by atoms with Crippen molar-refractivity contribution in [2.24, 2.45) is 4.99 Å². The van der Waals surface area contributed by atoms with Crippen LogP contribution in [0.4, 0.5) is 0 Å². The molecule has 1 unspecified atom stereocenters. The maximum atomic E-state index is 4.47. The lowest BCUT2D eigenvalue weighted by molar-refractivity contribution is 0.782. The van der Waals surface area contributed by atoms with E-state index in [-0.39, 0.29) is 0 Å². The van der Waals surface area contributed by atoms with Gasteiger partial charge in [-0.1, -0.05) is 58.9 Å². The van der Waals surface area contributed by atoms with Gasteiger partial charge in [0, 0.05) is 4.91 Å². The van der Waals surface area contributed by atoms with Crippen molar-refractivity contribution in [1.82, 2.24) is 0 Å². The summed E-state index contributed by atoms with van der Waals surface area (Å²) in [5.41, 5.74) is 0. The van der Waals surface area contributed by atoms with Crippen LogP contribution in [-0.2, 0) is 0 Å². The molecular formula is C13H27NS. The second-order valence-electron chi connectivity index (χ2n) is 3.07. The largest absolute Gasteiger partial charge is 0.274 e. The highest BCUT2D eigenvalue weighted by atomic mass is 32.2. The minimum Gasteiger partial charge on any atom is -0.274 e. The zero-order chi connectivity index (χ0) is 12.3. The van der Waals surface area contributed by atoms with Gasteiger partial charge in [-0.15, -0.1) is 0 Å². The van der Waals surface area contributed by atoms with Crippen molar-refractivity contribution in [2.75, 3.05) is 0 Å². The summed E-state index contributed by atoms with van der Waals surface area (Å²) < 4.78 is 0. The summed E-state index contributed by atoms with van der Waals surface area (Å²) >= 11 is 1.81. The predicted octanol–water partition coefficient (Wildman–Crippen LogP) is 5.28. The Kier molecular flexibility index (Phi) is 13.5. The number of nitrogens with zero attached hydrogens (tertiary/aromatic N) is 1. The van der Waals surface area contributed by atoms with Crippen LogP contribution in [0.5, 0.6) is 0 Å². The molecule has 0 radical (unpaired) electrons. The van der Waals surface area contributed by atoms with E-state index in [0.29, 0.717) is 6.04 Å². The Bertz CT molecular complexity index is 195. The Morgan fingerprint density at radius 2 is 1.73 bits per heavy atom. The zero-order valence-corrected chi connectivity index (χ0v) is 12.2. The molecule has 90 valence electrons. The average molecular weight is 229 g/mol. The fraction of sp³-hybridized carbons (Fsp3) is 0.769. The second kappa shape index (κ2) is 11.8. The third kappa shape index (κ3) is 7.66. The van der Waals surface area contributed by atoms with Gasteiger partial charge in [0.2, 0.25) is 0 Å². The molecule has 0 amide bonds. The Morgan fingerprint density at radius 3 is 2.00 bits per heavy atom. The quantitative estimate of drug-likeness (QED) is 0.596. The monoisotopic (exact) mass is 229 g/mol. The second-order valence-corrected chi connectivity index (χ2v) is 4.34. The van der Waals surface area contributed by atoms with Gasteiger partial charge < -0.3 is 0 Å². The predicted molar refractivity (Wildman–Crippen MR) is 75.8 cm³/mol. The molecule has 0 N–H and O–H groups in total. The van der Waals surface area contributed by atoms with Crippen molar-refractivity contribution < 1.29 is 0 Å². The van der Waals surface area contributed by atoms with Gasteiger partial charge in [0.15, 0.2) is 0 Å². The van der Waals surface area contributed by atoms with Gasteiger partial charge >= 0.3 is 0 Å². The van der Waals surface area contributed by atoms with Crippen LogP contribution in [0.2, 0.25) is 0 Å². The highest BCUT2D eigenvalue weighted by Crippen LogP contribution is 2.31. The molecule has 0 aliphatic carbocycles. The molecule has 1 rings (SSSR count). The molecule has 0 aromatic carbocycles. The van der Waals surface area contributed by atoms with Gasteiger partial charge in [0.1, 0.15) is 0 Å². The summed E-state index contributed by atoms with van der Waals surface area (Å²) in [6.07, 6.45) is 4.54. The first-order valence-corrected chi connectivity index (χ1v) is 6.89. The van der Waals surface area contributed by atoms with Crippen molar-refractivity contribution in [3.8, 4) is 0 Å². The van der Waals surface area contributed by atoms with Crippen molar-refractivity contribution in [3.63, 3.8) is 0 Å². The highest BCUT2D eigenvalue weighted by molar-refractivity contribution is 8.17. The molecule has 1 atom stereocenters. The molecule has 1 nitrogen and oxygen atoms in total. The van der Waals surface area contributed by atoms with Gasteiger partial charge in [-0.05, 0) is 20.3 Å². The molecule has 1 aliphatic rings. The van der Waals surface area contributed by atoms with E-state index in [4.69, 9.17) is 0 Å². The third-order valence-corrected chi connectivity index (χ3v) is 2.75. The number of hydrogen-bond acceptors (Lipinski definition) is 2. The third-order valence-electron chi connectivity index (χ3n) is 1.60. The Morgan fingerprint density at radius 1 is 1.27 bits per heavy atom. The van der Waals surface area contributed by atoms with E-state index in [1.165, 1.54) is 16.4 Å². The SMILES string of the molecule is C/C=C1/SC(C)=NC1CC.CC.CCC. The van der Waals surface area contributed by atoms with Crippen molar-refractivity contribution in [2.45, 2.75) is 67.3 Å².